The summed E-state index contributed by atoms with van der Waals surface area (Å²) in [5.41, 5.74) is 3.56. The van der Waals surface area contributed by atoms with Gasteiger partial charge < -0.3 is 9.64 Å². The highest BCUT2D eigenvalue weighted by Crippen LogP contribution is 2.39. The van der Waals surface area contributed by atoms with E-state index in [1.807, 2.05) is 37.3 Å². The second-order valence-electron chi connectivity index (χ2n) is 8.53. The van der Waals surface area contributed by atoms with Crippen molar-refractivity contribution in [1.29, 1.82) is 5.26 Å². The number of benzene rings is 1. The first-order chi connectivity index (χ1) is 16.5. The third kappa shape index (κ3) is 3.90. The average molecular weight is 474 g/mol. The van der Waals surface area contributed by atoms with Crippen LogP contribution in [0.3, 0.4) is 0 Å². The van der Waals surface area contributed by atoms with Crippen LogP contribution in [-0.4, -0.2) is 33.8 Å². The van der Waals surface area contributed by atoms with Crippen LogP contribution in [0.1, 0.15) is 39.5 Å². The minimum atomic E-state index is -0.305. The Morgan fingerprint density at radius 2 is 2.06 bits per heavy atom. The molecule has 5 rings (SSSR count). The first kappa shape index (κ1) is 22.0. The highest BCUT2D eigenvalue weighted by atomic mass is 32.1. The molecule has 9 heteroatoms. The lowest BCUT2D eigenvalue weighted by atomic mass is 9.74. The van der Waals surface area contributed by atoms with Crippen molar-refractivity contribution in [1.82, 2.24) is 14.9 Å². The lowest BCUT2D eigenvalue weighted by Crippen LogP contribution is -2.40. The Kier molecular flexibility index (Phi) is 5.75. The summed E-state index contributed by atoms with van der Waals surface area (Å²) in [7, 11) is 1.60. The minimum Gasteiger partial charge on any atom is -0.496 e. The quantitative estimate of drug-likeness (QED) is 0.596. The monoisotopic (exact) mass is 473 g/mol. The number of hydrogen-bond acceptors (Lipinski definition) is 7. The van der Waals surface area contributed by atoms with Gasteiger partial charge in [-0.05, 0) is 31.9 Å². The van der Waals surface area contributed by atoms with Crippen LogP contribution in [0.25, 0.3) is 11.1 Å². The first-order valence-corrected chi connectivity index (χ1v) is 11.9. The van der Waals surface area contributed by atoms with Gasteiger partial charge in [0, 0.05) is 23.0 Å². The van der Waals surface area contributed by atoms with Crippen LogP contribution in [-0.2, 0) is 17.9 Å². The van der Waals surface area contributed by atoms with E-state index in [-0.39, 0.29) is 23.7 Å². The third-order valence-electron chi connectivity index (χ3n) is 6.43. The van der Waals surface area contributed by atoms with E-state index in [1.54, 1.807) is 18.2 Å². The van der Waals surface area contributed by atoms with E-state index in [9.17, 15) is 9.59 Å². The lowest BCUT2D eigenvalue weighted by molar-refractivity contribution is -0.140. The molecule has 0 bridgehead atoms. The number of ether oxygens (including phenoxy) is 1. The van der Waals surface area contributed by atoms with Crippen LogP contribution < -0.4 is 10.1 Å². The fourth-order valence-corrected chi connectivity index (χ4v) is 5.41. The smallest absolute Gasteiger partial charge is 0.259 e. The molecule has 3 aromatic rings. The molecule has 172 valence electrons. The van der Waals surface area contributed by atoms with E-state index in [0.717, 1.165) is 40.2 Å². The summed E-state index contributed by atoms with van der Waals surface area (Å²) in [6.07, 6.45) is 3.13. The molecule has 34 heavy (non-hydrogen) atoms. The highest BCUT2D eigenvalue weighted by Gasteiger charge is 2.41. The second-order valence-corrected chi connectivity index (χ2v) is 9.61. The Hall–Kier alpha value is -3.77. The number of anilines is 1. The number of amides is 2. The maximum atomic E-state index is 13.2. The van der Waals surface area contributed by atoms with Gasteiger partial charge >= 0.3 is 0 Å². The Labute approximate surface area is 201 Å². The predicted octanol–water partition coefficient (Wildman–Crippen LogP) is 4.17. The van der Waals surface area contributed by atoms with Crippen molar-refractivity contribution in [3.63, 3.8) is 0 Å². The SMILES string of the molecule is COc1ccccc1-c1cc(C)ncc1C(=O)Nc1nc2c(s1)CN(C(=O)C1CCC1C#N)C2. The van der Waals surface area contributed by atoms with Gasteiger partial charge in [0.05, 0.1) is 54.2 Å². The maximum Gasteiger partial charge on any atom is 0.259 e. The summed E-state index contributed by atoms with van der Waals surface area (Å²) in [5, 5.41) is 12.5. The summed E-state index contributed by atoms with van der Waals surface area (Å²) >= 11 is 1.38. The molecule has 0 saturated heterocycles. The number of nitrogens with zero attached hydrogens (tertiary/aromatic N) is 4. The van der Waals surface area contributed by atoms with Crippen LogP contribution in [0.5, 0.6) is 5.75 Å². The molecule has 1 saturated carbocycles. The summed E-state index contributed by atoms with van der Waals surface area (Å²) in [6, 6.07) is 11.6. The summed E-state index contributed by atoms with van der Waals surface area (Å²) < 4.78 is 5.49. The van der Waals surface area contributed by atoms with Gasteiger partial charge in [0.2, 0.25) is 5.91 Å². The van der Waals surface area contributed by atoms with Crippen molar-refractivity contribution < 1.29 is 14.3 Å². The molecule has 1 fully saturated rings. The number of pyridine rings is 1. The predicted molar refractivity (Wildman–Crippen MR) is 127 cm³/mol. The first-order valence-electron chi connectivity index (χ1n) is 11.1. The number of nitriles is 1. The van der Waals surface area contributed by atoms with Gasteiger partial charge in [-0.15, -0.1) is 0 Å². The molecule has 2 unspecified atom stereocenters. The number of nitrogens with one attached hydrogen (secondary N) is 1. The van der Waals surface area contributed by atoms with Crippen molar-refractivity contribution in [2.75, 3.05) is 12.4 Å². The largest absolute Gasteiger partial charge is 0.496 e. The van der Waals surface area contributed by atoms with Gasteiger partial charge in [-0.25, -0.2) is 4.98 Å². The molecule has 1 aliphatic carbocycles. The van der Waals surface area contributed by atoms with E-state index in [0.29, 0.717) is 29.5 Å². The number of fused-ring (bicyclic) bond motifs is 1. The number of carbonyl (C=O) groups excluding carboxylic acids is 2. The molecular weight excluding hydrogens is 450 g/mol. The Morgan fingerprint density at radius 1 is 1.24 bits per heavy atom. The van der Waals surface area contributed by atoms with E-state index in [1.165, 1.54) is 11.3 Å². The molecule has 2 atom stereocenters. The van der Waals surface area contributed by atoms with Crippen LogP contribution in [0.15, 0.2) is 36.5 Å². The molecule has 8 nitrogen and oxygen atoms in total. The second kappa shape index (κ2) is 8.88. The van der Waals surface area contributed by atoms with Crippen molar-refractivity contribution in [2.24, 2.45) is 11.8 Å². The number of rotatable bonds is 5. The van der Waals surface area contributed by atoms with Gasteiger partial charge in [0.1, 0.15) is 5.75 Å². The maximum absolute atomic E-state index is 13.2. The summed E-state index contributed by atoms with van der Waals surface area (Å²) in [5.74, 6) is 0.0289. The van der Waals surface area contributed by atoms with Gasteiger partial charge in [0.15, 0.2) is 5.13 Å². The lowest BCUT2D eigenvalue weighted by Gasteiger charge is -2.33. The number of hydrogen-bond donors (Lipinski definition) is 1. The zero-order valence-corrected chi connectivity index (χ0v) is 19.7. The third-order valence-corrected chi connectivity index (χ3v) is 7.42. The van der Waals surface area contributed by atoms with Crippen molar-refractivity contribution in [3.8, 4) is 22.9 Å². The molecule has 2 amide bonds. The number of thiazole rings is 1. The van der Waals surface area contributed by atoms with Gasteiger partial charge in [-0.3, -0.25) is 19.9 Å². The zero-order valence-electron chi connectivity index (χ0n) is 18.9. The van der Waals surface area contributed by atoms with Gasteiger partial charge in [0.25, 0.3) is 5.91 Å². The van der Waals surface area contributed by atoms with E-state index < -0.39 is 0 Å². The van der Waals surface area contributed by atoms with Gasteiger partial charge in [-0.2, -0.15) is 5.26 Å². The standard InChI is InChI=1S/C25H23N5O3S/c1-14-9-18(17-5-3-4-6-21(17)33-2)19(11-27-14)23(31)29-25-28-20-12-30(13-22(20)34-25)24(32)16-8-7-15(16)10-26/h3-6,9,11,15-16H,7-8,12-13H2,1-2H3,(H,28,29,31). The normalized spacial score (nSPS) is 18.6. The Morgan fingerprint density at radius 3 is 2.76 bits per heavy atom. The van der Waals surface area contributed by atoms with Gasteiger partial charge in [-0.1, -0.05) is 29.5 Å². The van der Waals surface area contributed by atoms with E-state index in [4.69, 9.17) is 10.00 Å². The molecule has 0 spiro atoms. The number of methoxy groups -OCH3 is 1. The highest BCUT2D eigenvalue weighted by molar-refractivity contribution is 7.16. The summed E-state index contributed by atoms with van der Waals surface area (Å²) in [6.45, 7) is 2.75. The molecule has 0 radical (unpaired) electrons. The molecule has 1 aromatic carbocycles. The van der Waals surface area contributed by atoms with E-state index >= 15 is 0 Å². The minimum absolute atomic E-state index is 0.0285. The Bertz CT molecular complexity index is 1300. The van der Waals surface area contributed by atoms with Crippen molar-refractivity contribution >= 4 is 28.3 Å². The molecule has 2 aromatic heterocycles. The Balaban J connectivity index is 1.33. The average Bonchev–Trinajstić information content (AvgIpc) is 3.37. The molecule has 3 heterocycles. The molecule has 1 aliphatic heterocycles. The van der Waals surface area contributed by atoms with Crippen LogP contribution in [0.4, 0.5) is 5.13 Å². The van der Waals surface area contributed by atoms with Crippen LogP contribution >= 0.6 is 11.3 Å². The van der Waals surface area contributed by atoms with Crippen molar-refractivity contribution in [2.45, 2.75) is 32.9 Å². The number of aromatic nitrogens is 2. The number of aryl methyl sites for hydroxylation is 1. The van der Waals surface area contributed by atoms with E-state index in [2.05, 4.69) is 21.4 Å². The zero-order chi connectivity index (χ0) is 23.8. The fourth-order valence-electron chi connectivity index (χ4n) is 4.43. The summed E-state index contributed by atoms with van der Waals surface area (Å²) in [4.78, 5) is 37.5. The number of carbonyl (C=O) groups is 2. The number of para-hydroxylation sites is 1. The fraction of sp³-hybridized carbons (Fsp3) is 0.320. The molecule has 2 aliphatic rings. The van der Waals surface area contributed by atoms with Crippen LogP contribution in [0, 0.1) is 30.1 Å². The topological polar surface area (TPSA) is 108 Å². The molecule has 1 N–H and O–H groups in total. The van der Waals surface area contributed by atoms with Crippen LogP contribution in [0.2, 0.25) is 0 Å². The van der Waals surface area contributed by atoms with Crippen molar-refractivity contribution in [3.05, 3.63) is 58.4 Å². The molecular formula is C25H23N5O3S.